The predicted molar refractivity (Wildman–Crippen MR) is 66.5 cm³/mol. The van der Waals surface area contributed by atoms with Crippen LogP contribution in [0.2, 0.25) is 0 Å². The van der Waals surface area contributed by atoms with Crippen molar-refractivity contribution < 1.29 is 14.0 Å². The maximum Gasteiger partial charge on any atom is 0.267 e. The van der Waals surface area contributed by atoms with E-state index < -0.39 is 17.6 Å². The van der Waals surface area contributed by atoms with E-state index in [1.54, 1.807) is 19.1 Å². The Bertz CT molecular complexity index is 712. The number of carbonyl (C=O) groups is 2. The molecule has 2 amide bonds. The average molecular weight is 256 g/mol. The van der Waals surface area contributed by atoms with E-state index in [1.807, 2.05) is 0 Å². The summed E-state index contributed by atoms with van der Waals surface area (Å²) in [6.07, 6.45) is 1.51. The van der Waals surface area contributed by atoms with Crippen molar-refractivity contribution in [3.05, 3.63) is 59.0 Å². The molecule has 0 fully saturated rings. The van der Waals surface area contributed by atoms with Crippen molar-refractivity contribution in [1.82, 2.24) is 4.98 Å². The van der Waals surface area contributed by atoms with E-state index in [1.165, 1.54) is 18.3 Å². The van der Waals surface area contributed by atoms with Gasteiger partial charge in [-0.25, -0.2) is 14.3 Å². The highest BCUT2D eigenvalue weighted by Gasteiger charge is 2.38. The van der Waals surface area contributed by atoms with Crippen LogP contribution in [0.5, 0.6) is 0 Å². The molecular weight excluding hydrogens is 247 g/mol. The van der Waals surface area contributed by atoms with Gasteiger partial charge in [0, 0.05) is 6.20 Å². The number of amides is 2. The van der Waals surface area contributed by atoms with Crippen molar-refractivity contribution in [1.29, 1.82) is 0 Å². The molecule has 1 aliphatic heterocycles. The van der Waals surface area contributed by atoms with Crippen molar-refractivity contribution in [2.75, 3.05) is 4.90 Å². The zero-order valence-electron chi connectivity index (χ0n) is 10.1. The molecule has 0 unspecified atom stereocenters. The second-order valence-corrected chi connectivity index (χ2v) is 4.28. The van der Waals surface area contributed by atoms with Crippen LogP contribution in [0.15, 0.2) is 36.5 Å². The van der Waals surface area contributed by atoms with Gasteiger partial charge in [0.05, 0.1) is 11.1 Å². The normalized spacial score (nSPS) is 13.9. The summed E-state index contributed by atoms with van der Waals surface area (Å²) in [5.74, 6) is -1.27. The Morgan fingerprint density at radius 3 is 2.58 bits per heavy atom. The van der Waals surface area contributed by atoms with Crippen molar-refractivity contribution in [2.24, 2.45) is 0 Å². The summed E-state index contributed by atoms with van der Waals surface area (Å²) < 4.78 is 13.2. The summed E-state index contributed by atoms with van der Waals surface area (Å²) in [7, 11) is 0. The number of benzene rings is 1. The molecule has 19 heavy (non-hydrogen) atoms. The quantitative estimate of drug-likeness (QED) is 0.736. The summed E-state index contributed by atoms with van der Waals surface area (Å²) in [5, 5.41) is 0. The first-order valence-corrected chi connectivity index (χ1v) is 5.69. The van der Waals surface area contributed by atoms with Crippen LogP contribution >= 0.6 is 0 Å². The lowest BCUT2D eigenvalue weighted by Gasteiger charge is -2.14. The number of fused-ring (bicyclic) bond motifs is 1. The van der Waals surface area contributed by atoms with Gasteiger partial charge in [0.2, 0.25) is 0 Å². The van der Waals surface area contributed by atoms with E-state index in [2.05, 4.69) is 4.98 Å². The molecule has 1 aromatic heterocycles. The Hall–Kier alpha value is -2.56. The van der Waals surface area contributed by atoms with Gasteiger partial charge in [-0.15, -0.1) is 0 Å². The second kappa shape index (κ2) is 3.98. The molecule has 0 saturated heterocycles. The number of aromatic nitrogens is 1. The Morgan fingerprint density at radius 1 is 1.11 bits per heavy atom. The van der Waals surface area contributed by atoms with E-state index in [0.29, 0.717) is 5.56 Å². The predicted octanol–water partition coefficient (Wildman–Crippen LogP) is 2.33. The first-order valence-electron chi connectivity index (χ1n) is 5.69. The zero-order chi connectivity index (χ0) is 13.6. The van der Waals surface area contributed by atoms with Crippen LogP contribution in [0.1, 0.15) is 26.3 Å². The lowest BCUT2D eigenvalue weighted by molar-refractivity contribution is 0.0924. The first kappa shape index (κ1) is 11.5. The largest absolute Gasteiger partial charge is 0.268 e. The SMILES string of the molecule is Cc1cccnc1N1C(=O)c2ccc(F)cc2C1=O. The summed E-state index contributed by atoms with van der Waals surface area (Å²) in [4.78, 5) is 29.5. The van der Waals surface area contributed by atoms with Crippen molar-refractivity contribution in [2.45, 2.75) is 6.92 Å². The maximum atomic E-state index is 13.2. The molecular formula is C14H9FN2O2. The smallest absolute Gasteiger partial charge is 0.267 e. The molecule has 3 rings (SSSR count). The van der Waals surface area contributed by atoms with Gasteiger partial charge >= 0.3 is 0 Å². The Morgan fingerprint density at radius 2 is 1.84 bits per heavy atom. The lowest BCUT2D eigenvalue weighted by Crippen LogP contribution is -2.30. The minimum atomic E-state index is -0.542. The fraction of sp³-hybridized carbons (Fsp3) is 0.0714. The van der Waals surface area contributed by atoms with Crippen LogP contribution in [0.4, 0.5) is 10.2 Å². The minimum Gasteiger partial charge on any atom is -0.268 e. The monoisotopic (exact) mass is 256 g/mol. The number of aryl methyl sites for hydroxylation is 1. The molecule has 5 heteroatoms. The fourth-order valence-corrected chi connectivity index (χ4v) is 2.12. The Balaban J connectivity index is 2.16. The van der Waals surface area contributed by atoms with E-state index in [9.17, 15) is 14.0 Å². The molecule has 0 bridgehead atoms. The van der Waals surface area contributed by atoms with E-state index in [0.717, 1.165) is 11.0 Å². The van der Waals surface area contributed by atoms with Crippen molar-refractivity contribution >= 4 is 17.6 Å². The van der Waals surface area contributed by atoms with Crippen molar-refractivity contribution in [3.63, 3.8) is 0 Å². The molecule has 94 valence electrons. The maximum absolute atomic E-state index is 13.2. The second-order valence-electron chi connectivity index (χ2n) is 4.28. The summed E-state index contributed by atoms with van der Waals surface area (Å²) in [6, 6.07) is 7.04. The average Bonchev–Trinajstić information content (AvgIpc) is 2.63. The van der Waals surface area contributed by atoms with Gasteiger partial charge in [-0.2, -0.15) is 0 Å². The first-order chi connectivity index (χ1) is 9.09. The van der Waals surface area contributed by atoms with Gasteiger partial charge in [-0.05, 0) is 36.8 Å². The summed E-state index contributed by atoms with van der Waals surface area (Å²) in [5.41, 5.74) is 0.990. The third-order valence-electron chi connectivity index (χ3n) is 3.04. The minimum absolute atomic E-state index is 0.0788. The van der Waals surface area contributed by atoms with Gasteiger partial charge in [0.25, 0.3) is 11.8 Å². The van der Waals surface area contributed by atoms with E-state index in [4.69, 9.17) is 0 Å². The van der Waals surface area contributed by atoms with Gasteiger partial charge in [0.15, 0.2) is 0 Å². The highest BCUT2D eigenvalue weighted by atomic mass is 19.1. The number of hydrogen-bond acceptors (Lipinski definition) is 3. The molecule has 1 aromatic carbocycles. The molecule has 2 heterocycles. The number of pyridine rings is 1. The molecule has 0 aliphatic carbocycles. The highest BCUT2D eigenvalue weighted by molar-refractivity contribution is 6.34. The number of carbonyl (C=O) groups excluding carboxylic acids is 2. The van der Waals surface area contributed by atoms with Crippen LogP contribution in [-0.2, 0) is 0 Å². The third-order valence-corrected chi connectivity index (χ3v) is 3.04. The van der Waals surface area contributed by atoms with Gasteiger partial charge in [-0.3, -0.25) is 9.59 Å². The molecule has 0 radical (unpaired) electrons. The number of anilines is 1. The van der Waals surface area contributed by atoms with Crippen LogP contribution in [0.25, 0.3) is 0 Å². The molecule has 4 nitrogen and oxygen atoms in total. The molecule has 0 spiro atoms. The topological polar surface area (TPSA) is 50.3 Å². The fourth-order valence-electron chi connectivity index (χ4n) is 2.12. The molecule has 0 N–H and O–H groups in total. The van der Waals surface area contributed by atoms with Crippen LogP contribution < -0.4 is 4.90 Å². The Labute approximate surface area is 108 Å². The van der Waals surface area contributed by atoms with Gasteiger partial charge in [0.1, 0.15) is 11.6 Å². The summed E-state index contributed by atoms with van der Waals surface area (Å²) >= 11 is 0. The number of halogens is 1. The number of rotatable bonds is 1. The lowest BCUT2D eigenvalue weighted by atomic mass is 10.1. The standard InChI is InChI=1S/C14H9FN2O2/c1-8-3-2-6-16-12(8)17-13(18)10-5-4-9(15)7-11(10)14(17)19/h2-7H,1H3. The van der Waals surface area contributed by atoms with Crippen LogP contribution in [0, 0.1) is 12.7 Å². The number of nitrogens with zero attached hydrogens (tertiary/aromatic N) is 2. The van der Waals surface area contributed by atoms with Crippen LogP contribution in [0.3, 0.4) is 0 Å². The van der Waals surface area contributed by atoms with E-state index in [-0.39, 0.29) is 16.9 Å². The van der Waals surface area contributed by atoms with Crippen LogP contribution in [-0.4, -0.2) is 16.8 Å². The van der Waals surface area contributed by atoms with E-state index >= 15 is 0 Å². The Kier molecular flexibility index (Phi) is 2.41. The molecule has 0 atom stereocenters. The highest BCUT2D eigenvalue weighted by Crippen LogP contribution is 2.29. The van der Waals surface area contributed by atoms with Gasteiger partial charge in [-0.1, -0.05) is 6.07 Å². The van der Waals surface area contributed by atoms with Gasteiger partial charge < -0.3 is 0 Å². The summed E-state index contributed by atoms with van der Waals surface area (Å²) in [6.45, 7) is 1.76. The zero-order valence-corrected chi connectivity index (χ0v) is 10.1. The van der Waals surface area contributed by atoms with Crippen molar-refractivity contribution in [3.8, 4) is 0 Å². The molecule has 1 aliphatic rings. The molecule has 0 saturated carbocycles. The third kappa shape index (κ3) is 1.62. The molecule has 2 aromatic rings. The number of imide groups is 1. The number of hydrogen-bond donors (Lipinski definition) is 0.